The van der Waals surface area contributed by atoms with E-state index in [9.17, 15) is 5.11 Å². The first kappa shape index (κ1) is 13.1. The van der Waals surface area contributed by atoms with Gasteiger partial charge in [0.1, 0.15) is 5.82 Å². The van der Waals surface area contributed by atoms with Crippen LogP contribution < -0.4 is 10.2 Å². The van der Waals surface area contributed by atoms with Crippen LogP contribution in [0.4, 0.5) is 11.8 Å². The molecule has 0 saturated carbocycles. The van der Waals surface area contributed by atoms with Gasteiger partial charge in [0.15, 0.2) is 0 Å². The molecule has 0 aliphatic carbocycles. The lowest BCUT2D eigenvalue weighted by Gasteiger charge is -2.33. The van der Waals surface area contributed by atoms with E-state index in [0.717, 1.165) is 23.3 Å². The molecule has 20 heavy (non-hydrogen) atoms. The predicted molar refractivity (Wildman–Crippen MR) is 78.1 cm³/mol. The number of hydrogen-bond acceptors (Lipinski definition) is 6. The number of rotatable bonds is 3. The van der Waals surface area contributed by atoms with E-state index in [1.54, 1.807) is 0 Å². The van der Waals surface area contributed by atoms with Gasteiger partial charge in [0.05, 0.1) is 24.8 Å². The van der Waals surface area contributed by atoms with Gasteiger partial charge < -0.3 is 20.1 Å². The number of nitrogens with one attached hydrogen (secondary N) is 1. The first-order valence-corrected chi connectivity index (χ1v) is 6.73. The van der Waals surface area contributed by atoms with Crippen molar-refractivity contribution in [2.24, 2.45) is 0 Å². The summed E-state index contributed by atoms with van der Waals surface area (Å²) in [6, 6.07) is 7.95. The SMILES string of the molecule is CNc1nc(N2CCOC(CO)C2)c2ccccc2n1. The number of aliphatic hydroxyl groups excluding tert-OH is 1. The summed E-state index contributed by atoms with van der Waals surface area (Å²) in [5, 5.41) is 13.3. The molecule has 3 rings (SSSR count). The van der Waals surface area contributed by atoms with E-state index in [1.807, 2.05) is 31.3 Å². The number of aromatic nitrogens is 2. The van der Waals surface area contributed by atoms with Gasteiger partial charge in [0, 0.05) is 25.5 Å². The van der Waals surface area contributed by atoms with Crippen molar-refractivity contribution < 1.29 is 9.84 Å². The Morgan fingerprint density at radius 2 is 2.25 bits per heavy atom. The van der Waals surface area contributed by atoms with Crippen LogP contribution in [0, 0.1) is 0 Å². The Balaban J connectivity index is 2.04. The Bertz CT molecular complexity index is 605. The minimum atomic E-state index is -0.157. The highest BCUT2D eigenvalue weighted by Gasteiger charge is 2.22. The smallest absolute Gasteiger partial charge is 0.224 e. The largest absolute Gasteiger partial charge is 0.394 e. The molecule has 0 bridgehead atoms. The first-order valence-electron chi connectivity index (χ1n) is 6.73. The summed E-state index contributed by atoms with van der Waals surface area (Å²) in [5.74, 6) is 1.49. The Labute approximate surface area is 117 Å². The average molecular weight is 274 g/mol. The molecule has 2 N–H and O–H groups in total. The zero-order chi connectivity index (χ0) is 13.9. The third kappa shape index (κ3) is 2.39. The van der Waals surface area contributed by atoms with Gasteiger partial charge in [-0.2, -0.15) is 4.98 Å². The lowest BCUT2D eigenvalue weighted by molar-refractivity contribution is 0.00344. The normalized spacial score (nSPS) is 19.3. The first-order chi connectivity index (χ1) is 9.81. The molecule has 2 heterocycles. The predicted octanol–water partition coefficient (Wildman–Crippen LogP) is 0.869. The fourth-order valence-corrected chi connectivity index (χ4v) is 2.43. The monoisotopic (exact) mass is 274 g/mol. The average Bonchev–Trinajstić information content (AvgIpc) is 2.53. The van der Waals surface area contributed by atoms with E-state index >= 15 is 0 Å². The standard InChI is InChI=1S/C14H18N4O2/c1-15-14-16-12-5-3-2-4-11(12)13(17-14)18-6-7-20-10(8-18)9-19/h2-5,10,19H,6-9H2,1H3,(H,15,16,17). The Hall–Kier alpha value is -1.92. The van der Waals surface area contributed by atoms with E-state index in [2.05, 4.69) is 20.2 Å². The lowest BCUT2D eigenvalue weighted by Crippen LogP contribution is -2.44. The van der Waals surface area contributed by atoms with Gasteiger partial charge in [-0.1, -0.05) is 12.1 Å². The topological polar surface area (TPSA) is 70.5 Å². The van der Waals surface area contributed by atoms with E-state index < -0.39 is 0 Å². The van der Waals surface area contributed by atoms with Gasteiger partial charge in [-0.05, 0) is 12.1 Å². The molecule has 1 aromatic heterocycles. The van der Waals surface area contributed by atoms with Crippen LogP contribution in [0.1, 0.15) is 0 Å². The lowest BCUT2D eigenvalue weighted by atomic mass is 10.2. The zero-order valence-corrected chi connectivity index (χ0v) is 11.4. The molecule has 106 valence electrons. The molecular formula is C14H18N4O2. The van der Waals surface area contributed by atoms with Crippen molar-refractivity contribution in [3.05, 3.63) is 24.3 Å². The summed E-state index contributed by atoms with van der Waals surface area (Å²) in [4.78, 5) is 11.2. The molecule has 1 aliphatic heterocycles. The van der Waals surface area contributed by atoms with E-state index in [1.165, 1.54) is 0 Å². The summed E-state index contributed by atoms with van der Waals surface area (Å²) in [5.41, 5.74) is 0.911. The van der Waals surface area contributed by atoms with Crippen LogP contribution in [0.5, 0.6) is 0 Å². The molecular weight excluding hydrogens is 256 g/mol. The van der Waals surface area contributed by atoms with Crippen molar-refractivity contribution in [3.8, 4) is 0 Å². The van der Waals surface area contributed by atoms with Crippen molar-refractivity contribution >= 4 is 22.7 Å². The molecule has 0 amide bonds. The van der Waals surface area contributed by atoms with Crippen LogP contribution >= 0.6 is 0 Å². The van der Waals surface area contributed by atoms with Crippen molar-refractivity contribution in [2.75, 3.05) is 43.6 Å². The van der Waals surface area contributed by atoms with Crippen LogP contribution in [-0.4, -0.2) is 54.5 Å². The summed E-state index contributed by atoms with van der Waals surface area (Å²) < 4.78 is 5.50. The number of anilines is 2. The van der Waals surface area contributed by atoms with E-state index in [0.29, 0.717) is 19.1 Å². The number of nitrogens with zero attached hydrogens (tertiary/aromatic N) is 3. The van der Waals surface area contributed by atoms with Crippen molar-refractivity contribution in [3.63, 3.8) is 0 Å². The fourth-order valence-electron chi connectivity index (χ4n) is 2.43. The number of fused-ring (bicyclic) bond motifs is 1. The number of hydrogen-bond donors (Lipinski definition) is 2. The molecule has 1 saturated heterocycles. The Morgan fingerprint density at radius 1 is 1.40 bits per heavy atom. The van der Waals surface area contributed by atoms with Crippen LogP contribution in [0.25, 0.3) is 10.9 Å². The third-order valence-corrected chi connectivity index (χ3v) is 3.45. The molecule has 0 spiro atoms. The van der Waals surface area contributed by atoms with Gasteiger partial charge in [-0.25, -0.2) is 4.98 Å². The van der Waals surface area contributed by atoms with Crippen LogP contribution in [0.15, 0.2) is 24.3 Å². The molecule has 1 unspecified atom stereocenters. The minimum Gasteiger partial charge on any atom is -0.394 e. The maximum atomic E-state index is 9.27. The van der Waals surface area contributed by atoms with Crippen LogP contribution in [0.3, 0.4) is 0 Å². The molecule has 0 radical (unpaired) electrons. The molecule has 2 aromatic rings. The highest BCUT2D eigenvalue weighted by molar-refractivity contribution is 5.90. The Morgan fingerprint density at radius 3 is 3.05 bits per heavy atom. The number of ether oxygens (including phenoxy) is 1. The molecule has 1 atom stereocenters. The fraction of sp³-hybridized carbons (Fsp3) is 0.429. The molecule has 1 aliphatic rings. The number of morpholine rings is 1. The third-order valence-electron chi connectivity index (χ3n) is 3.45. The molecule has 6 nitrogen and oxygen atoms in total. The van der Waals surface area contributed by atoms with Crippen molar-refractivity contribution in [2.45, 2.75) is 6.10 Å². The number of benzene rings is 1. The van der Waals surface area contributed by atoms with Gasteiger partial charge >= 0.3 is 0 Å². The summed E-state index contributed by atoms with van der Waals surface area (Å²) in [6.45, 7) is 2.03. The zero-order valence-electron chi connectivity index (χ0n) is 11.4. The second-order valence-corrected chi connectivity index (χ2v) is 4.76. The number of para-hydroxylation sites is 1. The van der Waals surface area contributed by atoms with Gasteiger partial charge in [0.2, 0.25) is 5.95 Å². The van der Waals surface area contributed by atoms with Crippen LogP contribution in [0.2, 0.25) is 0 Å². The maximum Gasteiger partial charge on any atom is 0.224 e. The van der Waals surface area contributed by atoms with Crippen molar-refractivity contribution in [1.29, 1.82) is 0 Å². The van der Waals surface area contributed by atoms with Gasteiger partial charge in [-0.15, -0.1) is 0 Å². The molecule has 1 aromatic carbocycles. The highest BCUT2D eigenvalue weighted by Crippen LogP contribution is 2.26. The van der Waals surface area contributed by atoms with E-state index in [-0.39, 0.29) is 12.7 Å². The second-order valence-electron chi connectivity index (χ2n) is 4.76. The summed E-state index contributed by atoms with van der Waals surface area (Å²) >= 11 is 0. The van der Waals surface area contributed by atoms with Crippen molar-refractivity contribution in [1.82, 2.24) is 9.97 Å². The minimum absolute atomic E-state index is 0.0262. The highest BCUT2D eigenvalue weighted by atomic mass is 16.5. The van der Waals surface area contributed by atoms with E-state index in [4.69, 9.17) is 4.74 Å². The van der Waals surface area contributed by atoms with Gasteiger partial charge in [0.25, 0.3) is 0 Å². The molecule has 1 fully saturated rings. The van der Waals surface area contributed by atoms with Gasteiger partial charge in [-0.3, -0.25) is 0 Å². The summed E-state index contributed by atoms with van der Waals surface area (Å²) in [7, 11) is 1.81. The van der Waals surface area contributed by atoms with Crippen LogP contribution in [-0.2, 0) is 4.74 Å². The quantitative estimate of drug-likeness (QED) is 0.865. The number of aliphatic hydroxyl groups is 1. The second kappa shape index (κ2) is 5.60. The maximum absolute atomic E-state index is 9.27. The molecule has 6 heteroatoms. The Kier molecular flexibility index (Phi) is 3.66. The summed E-state index contributed by atoms with van der Waals surface area (Å²) in [6.07, 6.45) is -0.157.